The molecule has 18 heavy (non-hydrogen) atoms. The molecular weight excluding hydrogens is 266 g/mol. The average Bonchev–Trinajstić information content (AvgIpc) is 2.31. The van der Waals surface area contributed by atoms with Crippen molar-refractivity contribution in [2.24, 2.45) is 0 Å². The fourth-order valence-electron chi connectivity index (χ4n) is 1.67. The smallest absolute Gasteiger partial charge is 0.152 e. The molecule has 3 nitrogen and oxygen atoms in total. The molecule has 0 aliphatic carbocycles. The Morgan fingerprint density at radius 2 is 1.94 bits per heavy atom. The predicted molar refractivity (Wildman–Crippen MR) is 80.3 cm³/mol. The van der Waals surface area contributed by atoms with E-state index in [2.05, 4.69) is 18.3 Å². The van der Waals surface area contributed by atoms with Gasteiger partial charge < -0.3 is 5.32 Å². The van der Waals surface area contributed by atoms with Crippen molar-refractivity contribution >= 4 is 27.3 Å². The van der Waals surface area contributed by atoms with Gasteiger partial charge in [-0.25, -0.2) is 8.42 Å². The van der Waals surface area contributed by atoms with Gasteiger partial charge in [-0.1, -0.05) is 26.0 Å². The third-order valence-corrected chi connectivity index (χ3v) is 5.38. The van der Waals surface area contributed by atoms with E-state index in [4.69, 9.17) is 0 Å². The first-order chi connectivity index (χ1) is 8.48. The summed E-state index contributed by atoms with van der Waals surface area (Å²) >= 11 is 1.76. The van der Waals surface area contributed by atoms with E-state index < -0.39 is 9.84 Å². The highest BCUT2D eigenvalue weighted by Gasteiger charge is 2.14. The molecule has 0 aliphatic rings. The summed E-state index contributed by atoms with van der Waals surface area (Å²) in [5, 5.41) is 3.29. The molecule has 102 valence electrons. The second-order valence-electron chi connectivity index (χ2n) is 4.17. The molecule has 1 atom stereocenters. The highest BCUT2D eigenvalue weighted by molar-refractivity contribution is 7.99. The Balaban J connectivity index is 2.72. The van der Waals surface area contributed by atoms with Gasteiger partial charge in [-0.2, -0.15) is 0 Å². The van der Waals surface area contributed by atoms with E-state index in [-0.39, 0.29) is 17.5 Å². The van der Waals surface area contributed by atoms with Gasteiger partial charge in [0.2, 0.25) is 0 Å². The van der Waals surface area contributed by atoms with E-state index in [1.807, 2.05) is 25.1 Å². The number of hydrogen-bond donors (Lipinski definition) is 1. The van der Waals surface area contributed by atoms with Crippen LogP contribution < -0.4 is 5.32 Å². The number of sulfone groups is 1. The van der Waals surface area contributed by atoms with E-state index in [9.17, 15) is 8.42 Å². The van der Waals surface area contributed by atoms with Crippen molar-refractivity contribution < 1.29 is 8.42 Å². The molecule has 0 radical (unpaired) electrons. The van der Waals surface area contributed by atoms with Gasteiger partial charge in [0, 0.05) is 22.4 Å². The van der Waals surface area contributed by atoms with Gasteiger partial charge >= 0.3 is 0 Å². The Labute approximate surface area is 114 Å². The van der Waals surface area contributed by atoms with Crippen LogP contribution in [0.1, 0.15) is 20.8 Å². The number of anilines is 1. The summed E-state index contributed by atoms with van der Waals surface area (Å²) in [6.45, 7) is 5.69. The van der Waals surface area contributed by atoms with Crippen molar-refractivity contribution in [3.05, 3.63) is 24.3 Å². The number of hydrogen-bond acceptors (Lipinski definition) is 4. The average molecular weight is 287 g/mol. The van der Waals surface area contributed by atoms with Gasteiger partial charge in [0.15, 0.2) is 9.84 Å². The minimum absolute atomic E-state index is 0.0754. The summed E-state index contributed by atoms with van der Waals surface area (Å²) in [4.78, 5) is 1.17. The van der Waals surface area contributed by atoms with Crippen LogP contribution in [-0.2, 0) is 9.84 Å². The van der Waals surface area contributed by atoms with Crippen LogP contribution in [0.2, 0.25) is 0 Å². The predicted octanol–water partition coefficient (Wildman–Crippen LogP) is 3.03. The Bertz CT molecular complexity index is 472. The molecule has 0 aromatic heterocycles. The second-order valence-corrected chi connectivity index (χ2v) is 7.88. The molecule has 0 saturated carbocycles. The lowest BCUT2D eigenvalue weighted by Gasteiger charge is -2.17. The summed E-state index contributed by atoms with van der Waals surface area (Å²) < 4.78 is 23.1. The SMILES string of the molecule is CCSc1ccccc1NC(C)CS(=O)(=O)CC. The van der Waals surface area contributed by atoms with Crippen LogP contribution in [-0.4, -0.2) is 31.7 Å². The van der Waals surface area contributed by atoms with E-state index in [1.165, 1.54) is 4.90 Å². The van der Waals surface area contributed by atoms with Gasteiger partial charge in [0.05, 0.1) is 5.75 Å². The number of thioether (sulfide) groups is 1. The fraction of sp³-hybridized carbons (Fsp3) is 0.538. The number of rotatable bonds is 7. The standard InChI is InChI=1S/C13H21NO2S2/c1-4-17-13-9-7-6-8-12(13)14-11(3)10-18(15,16)5-2/h6-9,11,14H,4-5,10H2,1-3H3. The van der Waals surface area contributed by atoms with Crippen LogP contribution in [0.15, 0.2) is 29.2 Å². The zero-order valence-electron chi connectivity index (χ0n) is 11.1. The fourth-order valence-corrected chi connectivity index (χ4v) is 3.52. The highest BCUT2D eigenvalue weighted by Crippen LogP contribution is 2.27. The van der Waals surface area contributed by atoms with E-state index in [0.717, 1.165) is 11.4 Å². The summed E-state index contributed by atoms with van der Waals surface area (Å²) in [5.41, 5.74) is 1.02. The first-order valence-electron chi connectivity index (χ1n) is 6.17. The quantitative estimate of drug-likeness (QED) is 0.783. The molecule has 1 rings (SSSR count). The molecule has 0 aliphatic heterocycles. The maximum Gasteiger partial charge on any atom is 0.152 e. The van der Waals surface area contributed by atoms with Crippen molar-refractivity contribution in [3.8, 4) is 0 Å². The number of para-hydroxylation sites is 1. The van der Waals surface area contributed by atoms with E-state index >= 15 is 0 Å². The molecule has 0 amide bonds. The van der Waals surface area contributed by atoms with Gasteiger partial charge in [-0.15, -0.1) is 11.8 Å². The first kappa shape index (κ1) is 15.4. The largest absolute Gasteiger partial charge is 0.381 e. The molecule has 0 spiro atoms. The topological polar surface area (TPSA) is 46.2 Å². The van der Waals surface area contributed by atoms with Crippen molar-refractivity contribution in [1.82, 2.24) is 0 Å². The molecular formula is C13H21NO2S2. The third kappa shape index (κ3) is 4.90. The lowest BCUT2D eigenvalue weighted by Crippen LogP contribution is -2.26. The number of nitrogens with one attached hydrogen (secondary N) is 1. The summed E-state index contributed by atoms with van der Waals surface area (Å²) in [6.07, 6.45) is 0. The minimum Gasteiger partial charge on any atom is -0.381 e. The number of benzene rings is 1. The van der Waals surface area contributed by atoms with Crippen LogP contribution in [0.5, 0.6) is 0 Å². The third-order valence-electron chi connectivity index (χ3n) is 2.53. The van der Waals surface area contributed by atoms with Crippen molar-refractivity contribution in [2.45, 2.75) is 31.7 Å². The Kier molecular flexibility index (Phi) is 6.02. The normalized spacial score (nSPS) is 13.3. The summed E-state index contributed by atoms with van der Waals surface area (Å²) in [5.74, 6) is 1.37. The van der Waals surface area contributed by atoms with Crippen LogP contribution in [0.3, 0.4) is 0 Å². The Morgan fingerprint density at radius 3 is 2.56 bits per heavy atom. The molecule has 1 aromatic carbocycles. The maximum atomic E-state index is 11.6. The summed E-state index contributed by atoms with van der Waals surface area (Å²) in [7, 11) is -2.93. The van der Waals surface area contributed by atoms with Crippen LogP contribution in [0, 0.1) is 0 Å². The minimum atomic E-state index is -2.93. The van der Waals surface area contributed by atoms with Crippen molar-refractivity contribution in [1.29, 1.82) is 0 Å². The Morgan fingerprint density at radius 1 is 1.28 bits per heavy atom. The van der Waals surface area contributed by atoms with E-state index in [1.54, 1.807) is 18.7 Å². The molecule has 0 bridgehead atoms. The summed E-state index contributed by atoms with van der Waals surface area (Å²) in [6, 6.07) is 7.93. The highest BCUT2D eigenvalue weighted by atomic mass is 32.2. The zero-order valence-corrected chi connectivity index (χ0v) is 12.8. The van der Waals surface area contributed by atoms with Crippen LogP contribution >= 0.6 is 11.8 Å². The van der Waals surface area contributed by atoms with Gasteiger partial charge in [-0.3, -0.25) is 0 Å². The van der Waals surface area contributed by atoms with E-state index in [0.29, 0.717) is 0 Å². The molecule has 1 aromatic rings. The molecule has 0 fully saturated rings. The lowest BCUT2D eigenvalue weighted by atomic mass is 10.3. The van der Waals surface area contributed by atoms with Crippen molar-refractivity contribution in [2.75, 3.05) is 22.6 Å². The van der Waals surface area contributed by atoms with Gasteiger partial charge in [0.1, 0.15) is 0 Å². The van der Waals surface area contributed by atoms with Gasteiger partial charge in [0.25, 0.3) is 0 Å². The van der Waals surface area contributed by atoms with Crippen LogP contribution in [0.4, 0.5) is 5.69 Å². The zero-order chi connectivity index (χ0) is 13.6. The molecule has 0 heterocycles. The molecule has 0 saturated heterocycles. The second kappa shape index (κ2) is 7.04. The first-order valence-corrected chi connectivity index (χ1v) is 8.98. The Hall–Kier alpha value is -0.680. The van der Waals surface area contributed by atoms with Crippen molar-refractivity contribution in [3.63, 3.8) is 0 Å². The van der Waals surface area contributed by atoms with Gasteiger partial charge in [-0.05, 0) is 24.8 Å². The molecule has 1 unspecified atom stereocenters. The molecule has 1 N–H and O–H groups in total. The van der Waals surface area contributed by atoms with Crippen LogP contribution in [0.25, 0.3) is 0 Å². The molecule has 5 heteroatoms. The lowest BCUT2D eigenvalue weighted by molar-refractivity contribution is 0.593. The monoisotopic (exact) mass is 287 g/mol. The maximum absolute atomic E-state index is 11.6.